The van der Waals surface area contributed by atoms with Gasteiger partial charge in [-0.15, -0.1) is 28.5 Å². The van der Waals surface area contributed by atoms with Crippen LogP contribution in [0.3, 0.4) is 0 Å². The molecular formula is C21H19BrClFN4OS2. The lowest BCUT2D eigenvalue weighted by molar-refractivity contribution is -0.113. The van der Waals surface area contributed by atoms with E-state index in [-0.39, 0.29) is 17.5 Å². The number of hydrogen-bond acceptors (Lipinski definition) is 5. The summed E-state index contributed by atoms with van der Waals surface area (Å²) in [4.78, 5) is 12.3. The molecule has 5 nitrogen and oxygen atoms in total. The molecule has 0 aliphatic heterocycles. The topological polar surface area (TPSA) is 59.8 Å². The number of benzene rings is 2. The van der Waals surface area contributed by atoms with Crippen LogP contribution in [0.15, 0.2) is 64.7 Å². The highest BCUT2D eigenvalue weighted by Crippen LogP contribution is 2.26. The maximum Gasteiger partial charge on any atom is 0.234 e. The fraction of sp³-hybridized carbons (Fsp3) is 0.190. The minimum Gasteiger partial charge on any atom is -0.325 e. The van der Waals surface area contributed by atoms with Crippen molar-refractivity contribution in [1.82, 2.24) is 14.8 Å². The van der Waals surface area contributed by atoms with E-state index in [1.54, 1.807) is 48.2 Å². The van der Waals surface area contributed by atoms with Crippen LogP contribution < -0.4 is 5.32 Å². The van der Waals surface area contributed by atoms with E-state index in [2.05, 4.69) is 38.0 Å². The molecule has 1 N–H and O–H groups in total. The third-order valence-corrected chi connectivity index (χ3v) is 7.25. The molecule has 3 aromatic rings. The number of aromatic nitrogens is 3. The minimum atomic E-state index is -0.242. The Hall–Kier alpha value is -1.81. The predicted octanol–water partition coefficient (Wildman–Crippen LogP) is 6.18. The van der Waals surface area contributed by atoms with Gasteiger partial charge in [0, 0.05) is 22.5 Å². The van der Waals surface area contributed by atoms with Crippen molar-refractivity contribution < 1.29 is 9.18 Å². The van der Waals surface area contributed by atoms with Crippen molar-refractivity contribution in [2.45, 2.75) is 23.2 Å². The van der Waals surface area contributed by atoms with Crippen LogP contribution in [-0.4, -0.2) is 26.4 Å². The van der Waals surface area contributed by atoms with E-state index >= 15 is 0 Å². The number of carbonyl (C=O) groups is 1. The minimum absolute atomic E-state index is 0.163. The van der Waals surface area contributed by atoms with E-state index in [4.69, 9.17) is 11.6 Å². The summed E-state index contributed by atoms with van der Waals surface area (Å²) in [6.07, 6.45) is 1.77. The molecule has 0 spiro atoms. The second-order valence-corrected chi connectivity index (χ2v) is 9.57. The number of nitrogens with zero attached hydrogens (tertiary/aromatic N) is 3. The highest BCUT2D eigenvalue weighted by molar-refractivity contribution is 9.10. The van der Waals surface area contributed by atoms with Crippen LogP contribution >= 0.6 is 51.1 Å². The van der Waals surface area contributed by atoms with Crippen LogP contribution in [0.4, 0.5) is 10.1 Å². The van der Waals surface area contributed by atoms with Crippen LogP contribution in [0.25, 0.3) is 0 Å². The summed E-state index contributed by atoms with van der Waals surface area (Å²) < 4.78 is 15.7. The zero-order chi connectivity index (χ0) is 22.2. The first-order valence-corrected chi connectivity index (χ1v) is 12.5. The van der Waals surface area contributed by atoms with Crippen molar-refractivity contribution in [3.63, 3.8) is 0 Å². The third kappa shape index (κ3) is 7.10. The van der Waals surface area contributed by atoms with Crippen molar-refractivity contribution >= 4 is 62.6 Å². The van der Waals surface area contributed by atoms with Crippen LogP contribution in [-0.2, 0) is 22.8 Å². The average molecular weight is 542 g/mol. The molecule has 0 saturated heterocycles. The van der Waals surface area contributed by atoms with Gasteiger partial charge in [-0.25, -0.2) is 4.39 Å². The Morgan fingerprint density at radius 3 is 2.71 bits per heavy atom. The number of rotatable bonds is 10. The highest BCUT2D eigenvalue weighted by atomic mass is 79.9. The Morgan fingerprint density at radius 2 is 2.00 bits per heavy atom. The van der Waals surface area contributed by atoms with Gasteiger partial charge in [0.1, 0.15) is 11.6 Å². The molecule has 0 aliphatic carbocycles. The maximum absolute atomic E-state index is 13.0. The van der Waals surface area contributed by atoms with E-state index in [1.807, 2.05) is 4.57 Å². The van der Waals surface area contributed by atoms with Gasteiger partial charge in [-0.2, -0.15) is 0 Å². The van der Waals surface area contributed by atoms with E-state index < -0.39 is 0 Å². The normalized spacial score (nSPS) is 10.8. The molecule has 0 aliphatic rings. The van der Waals surface area contributed by atoms with Gasteiger partial charge in [-0.1, -0.05) is 41.6 Å². The molecule has 162 valence electrons. The smallest absolute Gasteiger partial charge is 0.234 e. The monoisotopic (exact) mass is 540 g/mol. The van der Waals surface area contributed by atoms with Crippen LogP contribution in [0.1, 0.15) is 11.4 Å². The summed E-state index contributed by atoms with van der Waals surface area (Å²) in [5.74, 6) is 1.96. The third-order valence-electron chi connectivity index (χ3n) is 4.05. The molecule has 0 saturated carbocycles. The summed E-state index contributed by atoms with van der Waals surface area (Å²) in [7, 11) is 0. The standard InChI is InChI=1S/C21H19BrClFN4OS2/c1-2-9-28-19(12-30-11-14-3-5-15(24)6-4-14)26-27-21(28)31-13-20(29)25-16-7-8-17(22)18(23)10-16/h2-8,10H,1,9,11-13H2,(H,25,29). The SMILES string of the molecule is C=CCn1c(CSCc2ccc(F)cc2)nnc1SCC(=O)Nc1ccc(Br)c(Cl)c1. The summed E-state index contributed by atoms with van der Waals surface area (Å²) in [5, 5.41) is 12.5. The molecule has 0 unspecified atom stereocenters. The first-order valence-electron chi connectivity index (χ1n) is 9.19. The first kappa shape index (κ1) is 23.8. The Kier molecular flexibility index (Phi) is 9.01. The lowest BCUT2D eigenvalue weighted by atomic mass is 10.2. The van der Waals surface area contributed by atoms with E-state index in [1.165, 1.54) is 23.9 Å². The Balaban J connectivity index is 1.56. The molecule has 1 heterocycles. The Morgan fingerprint density at radius 1 is 1.23 bits per heavy atom. The first-order chi connectivity index (χ1) is 15.0. The largest absolute Gasteiger partial charge is 0.325 e. The van der Waals surface area contributed by atoms with Gasteiger partial charge in [0.2, 0.25) is 5.91 Å². The van der Waals surface area contributed by atoms with Gasteiger partial charge in [0.25, 0.3) is 0 Å². The zero-order valence-corrected chi connectivity index (χ0v) is 20.3. The number of carbonyl (C=O) groups excluding carboxylic acids is 1. The second kappa shape index (κ2) is 11.7. The van der Waals surface area contributed by atoms with Crippen LogP contribution in [0.2, 0.25) is 5.02 Å². The van der Waals surface area contributed by atoms with Gasteiger partial charge < -0.3 is 9.88 Å². The van der Waals surface area contributed by atoms with Crippen LogP contribution in [0.5, 0.6) is 0 Å². The molecule has 0 fully saturated rings. The molecule has 0 radical (unpaired) electrons. The Bertz CT molecular complexity index is 1060. The molecule has 0 bridgehead atoms. The van der Waals surface area contributed by atoms with Crippen molar-refractivity contribution in [3.8, 4) is 0 Å². The number of allylic oxidation sites excluding steroid dienone is 1. The predicted molar refractivity (Wildman–Crippen MR) is 130 cm³/mol. The van der Waals surface area contributed by atoms with Crippen molar-refractivity contribution in [2.24, 2.45) is 0 Å². The van der Waals surface area contributed by atoms with E-state index in [0.29, 0.717) is 28.2 Å². The number of halogens is 3. The lowest BCUT2D eigenvalue weighted by Crippen LogP contribution is -2.14. The number of thioether (sulfide) groups is 2. The number of nitrogens with one attached hydrogen (secondary N) is 1. The van der Waals surface area contributed by atoms with Gasteiger partial charge >= 0.3 is 0 Å². The number of hydrogen-bond donors (Lipinski definition) is 1. The van der Waals surface area contributed by atoms with E-state index in [0.717, 1.165) is 21.6 Å². The average Bonchev–Trinajstić information content (AvgIpc) is 3.13. The molecule has 3 rings (SSSR count). The van der Waals surface area contributed by atoms with Gasteiger partial charge in [0.05, 0.1) is 16.5 Å². The van der Waals surface area contributed by atoms with E-state index in [9.17, 15) is 9.18 Å². The van der Waals surface area contributed by atoms with Crippen molar-refractivity contribution in [2.75, 3.05) is 11.1 Å². The summed E-state index contributed by atoms with van der Waals surface area (Å²) in [6.45, 7) is 4.34. The second-order valence-electron chi connectivity index (χ2n) is 6.38. The molecule has 1 aromatic heterocycles. The van der Waals surface area contributed by atoms with Gasteiger partial charge in [-0.05, 0) is 51.8 Å². The van der Waals surface area contributed by atoms with Gasteiger partial charge in [0.15, 0.2) is 5.16 Å². The van der Waals surface area contributed by atoms with Gasteiger partial charge in [-0.3, -0.25) is 4.79 Å². The van der Waals surface area contributed by atoms with Crippen molar-refractivity contribution in [1.29, 1.82) is 0 Å². The number of anilines is 1. The molecule has 0 atom stereocenters. The summed E-state index contributed by atoms with van der Waals surface area (Å²) in [5.41, 5.74) is 1.67. The lowest BCUT2D eigenvalue weighted by Gasteiger charge is -2.09. The molecule has 1 amide bonds. The zero-order valence-electron chi connectivity index (χ0n) is 16.4. The fourth-order valence-corrected chi connectivity index (χ4v) is 4.71. The molecule has 2 aromatic carbocycles. The number of amides is 1. The molecule has 31 heavy (non-hydrogen) atoms. The molecular weight excluding hydrogens is 523 g/mol. The van der Waals surface area contributed by atoms with Crippen molar-refractivity contribution in [3.05, 3.63) is 81.8 Å². The highest BCUT2D eigenvalue weighted by Gasteiger charge is 2.14. The quantitative estimate of drug-likeness (QED) is 0.245. The maximum atomic E-state index is 13.0. The summed E-state index contributed by atoms with van der Waals surface area (Å²) in [6, 6.07) is 11.7. The molecule has 10 heteroatoms. The van der Waals surface area contributed by atoms with Crippen LogP contribution in [0, 0.1) is 5.82 Å². The summed E-state index contributed by atoms with van der Waals surface area (Å²) >= 11 is 12.4. The Labute approximate surface area is 202 Å². The fourth-order valence-electron chi connectivity index (χ4n) is 2.59.